The van der Waals surface area contributed by atoms with Crippen molar-refractivity contribution in [2.75, 3.05) is 32.7 Å². The molecule has 21 heavy (non-hydrogen) atoms. The van der Waals surface area contributed by atoms with Gasteiger partial charge in [-0.05, 0) is 19.8 Å². The van der Waals surface area contributed by atoms with Gasteiger partial charge < -0.3 is 10.6 Å². The molecular formula is C14H24F3N3O. The van der Waals surface area contributed by atoms with E-state index in [-0.39, 0.29) is 24.9 Å². The van der Waals surface area contributed by atoms with E-state index in [2.05, 4.69) is 0 Å². The fourth-order valence-corrected chi connectivity index (χ4v) is 3.36. The molecule has 0 aromatic rings. The van der Waals surface area contributed by atoms with Crippen LogP contribution in [0.3, 0.4) is 0 Å². The van der Waals surface area contributed by atoms with Gasteiger partial charge in [-0.1, -0.05) is 12.8 Å². The van der Waals surface area contributed by atoms with E-state index >= 15 is 0 Å². The Hall–Kier alpha value is -0.820. The minimum absolute atomic E-state index is 0.0198. The third-order valence-electron chi connectivity index (χ3n) is 4.64. The molecule has 122 valence electrons. The van der Waals surface area contributed by atoms with Crippen LogP contribution in [-0.4, -0.2) is 60.1 Å². The van der Waals surface area contributed by atoms with E-state index in [4.69, 9.17) is 5.73 Å². The number of hydrogen-bond donors (Lipinski definition) is 1. The Bertz CT molecular complexity index is 376. The fourth-order valence-electron chi connectivity index (χ4n) is 3.36. The summed E-state index contributed by atoms with van der Waals surface area (Å²) in [6.45, 7) is 2.29. The molecule has 1 saturated carbocycles. The number of carbonyl (C=O) groups is 1. The Morgan fingerprint density at radius 2 is 1.86 bits per heavy atom. The highest BCUT2D eigenvalue weighted by Gasteiger charge is 2.41. The standard InChI is InChI=1S/C14H24F3N3O/c1-13(18)5-3-2-4-11(13)12(21)20-8-6-19(7-9-20)10-14(15,16)17/h11H,2-10,18H2,1H3. The summed E-state index contributed by atoms with van der Waals surface area (Å²) in [5.41, 5.74) is 5.75. The van der Waals surface area contributed by atoms with Crippen molar-refractivity contribution in [3.63, 3.8) is 0 Å². The quantitative estimate of drug-likeness (QED) is 0.843. The van der Waals surface area contributed by atoms with Gasteiger partial charge in [0.25, 0.3) is 0 Å². The molecule has 0 spiro atoms. The van der Waals surface area contributed by atoms with Gasteiger partial charge in [-0.15, -0.1) is 0 Å². The summed E-state index contributed by atoms with van der Waals surface area (Å²) in [4.78, 5) is 15.6. The molecule has 7 heteroatoms. The summed E-state index contributed by atoms with van der Waals surface area (Å²) in [5, 5.41) is 0. The maximum atomic E-state index is 12.6. The van der Waals surface area contributed by atoms with Gasteiger partial charge in [0.1, 0.15) is 0 Å². The Balaban J connectivity index is 1.88. The third kappa shape index (κ3) is 4.32. The highest BCUT2D eigenvalue weighted by Crippen LogP contribution is 2.33. The first-order valence-electron chi connectivity index (χ1n) is 7.56. The Morgan fingerprint density at radius 3 is 2.38 bits per heavy atom. The number of halogens is 3. The van der Waals surface area contributed by atoms with Crippen LogP contribution in [0.5, 0.6) is 0 Å². The summed E-state index contributed by atoms with van der Waals surface area (Å²) in [5.74, 6) is -0.174. The summed E-state index contributed by atoms with van der Waals surface area (Å²) in [6, 6.07) is 0. The average molecular weight is 307 g/mol. The van der Waals surface area contributed by atoms with E-state index in [0.29, 0.717) is 13.1 Å². The van der Waals surface area contributed by atoms with Gasteiger partial charge in [0.2, 0.25) is 5.91 Å². The van der Waals surface area contributed by atoms with Crippen molar-refractivity contribution in [3.8, 4) is 0 Å². The van der Waals surface area contributed by atoms with Gasteiger partial charge in [-0.2, -0.15) is 13.2 Å². The van der Waals surface area contributed by atoms with Crippen LogP contribution < -0.4 is 5.73 Å². The number of nitrogens with two attached hydrogens (primary N) is 1. The maximum absolute atomic E-state index is 12.6. The van der Waals surface area contributed by atoms with Crippen molar-refractivity contribution < 1.29 is 18.0 Å². The number of nitrogens with zero attached hydrogens (tertiary/aromatic N) is 2. The van der Waals surface area contributed by atoms with Gasteiger partial charge in [0.15, 0.2) is 0 Å². The molecule has 2 rings (SSSR count). The minimum Gasteiger partial charge on any atom is -0.340 e. The van der Waals surface area contributed by atoms with Crippen LogP contribution in [0.15, 0.2) is 0 Å². The highest BCUT2D eigenvalue weighted by molar-refractivity contribution is 5.80. The number of piperazine rings is 1. The number of carbonyl (C=O) groups excluding carboxylic acids is 1. The lowest BCUT2D eigenvalue weighted by Gasteiger charge is -2.42. The van der Waals surface area contributed by atoms with Crippen molar-refractivity contribution in [3.05, 3.63) is 0 Å². The Labute approximate surface area is 123 Å². The zero-order valence-electron chi connectivity index (χ0n) is 12.5. The molecule has 2 N–H and O–H groups in total. The molecule has 1 aliphatic carbocycles. The lowest BCUT2D eigenvalue weighted by Crippen LogP contribution is -2.57. The predicted molar refractivity (Wildman–Crippen MR) is 73.6 cm³/mol. The second-order valence-corrected chi connectivity index (χ2v) is 6.52. The zero-order valence-corrected chi connectivity index (χ0v) is 12.5. The molecule has 1 aliphatic heterocycles. The van der Waals surface area contributed by atoms with Crippen LogP contribution >= 0.6 is 0 Å². The van der Waals surface area contributed by atoms with Crippen LogP contribution in [0.2, 0.25) is 0 Å². The summed E-state index contributed by atoms with van der Waals surface area (Å²) < 4.78 is 37.0. The summed E-state index contributed by atoms with van der Waals surface area (Å²) in [6.07, 6.45) is -0.523. The summed E-state index contributed by atoms with van der Waals surface area (Å²) in [7, 11) is 0. The highest BCUT2D eigenvalue weighted by atomic mass is 19.4. The Kier molecular flexibility index (Phi) is 4.82. The van der Waals surface area contributed by atoms with Crippen molar-refractivity contribution >= 4 is 5.91 Å². The molecular weight excluding hydrogens is 283 g/mol. The zero-order chi connectivity index (χ0) is 15.7. The normalized spacial score (nSPS) is 32.2. The monoisotopic (exact) mass is 307 g/mol. The molecule has 0 bridgehead atoms. The topological polar surface area (TPSA) is 49.6 Å². The molecule has 1 heterocycles. The van der Waals surface area contributed by atoms with Gasteiger partial charge in [-0.25, -0.2) is 0 Å². The number of hydrogen-bond acceptors (Lipinski definition) is 3. The van der Waals surface area contributed by atoms with Crippen molar-refractivity contribution in [2.24, 2.45) is 11.7 Å². The van der Waals surface area contributed by atoms with Gasteiger partial charge in [0, 0.05) is 31.7 Å². The van der Waals surface area contributed by atoms with Gasteiger partial charge in [0.05, 0.1) is 12.5 Å². The predicted octanol–water partition coefficient (Wildman–Crippen LogP) is 1.60. The Morgan fingerprint density at radius 1 is 1.24 bits per heavy atom. The first-order chi connectivity index (χ1) is 9.69. The van der Waals surface area contributed by atoms with Crippen LogP contribution in [0.25, 0.3) is 0 Å². The van der Waals surface area contributed by atoms with Crippen LogP contribution in [0.1, 0.15) is 32.6 Å². The van der Waals surface area contributed by atoms with E-state index in [1.54, 1.807) is 4.90 Å². The molecule has 2 fully saturated rings. The molecule has 2 atom stereocenters. The first kappa shape index (κ1) is 16.5. The van der Waals surface area contributed by atoms with Gasteiger partial charge in [-0.3, -0.25) is 9.69 Å². The smallest absolute Gasteiger partial charge is 0.340 e. The molecule has 2 unspecified atom stereocenters. The van der Waals surface area contributed by atoms with Crippen LogP contribution in [0.4, 0.5) is 13.2 Å². The number of amides is 1. The molecule has 1 amide bonds. The summed E-state index contributed by atoms with van der Waals surface area (Å²) >= 11 is 0. The van der Waals surface area contributed by atoms with Gasteiger partial charge >= 0.3 is 6.18 Å². The molecule has 0 aromatic carbocycles. The van der Waals surface area contributed by atoms with Crippen LogP contribution in [0, 0.1) is 5.92 Å². The third-order valence-corrected chi connectivity index (χ3v) is 4.64. The molecule has 4 nitrogen and oxygen atoms in total. The lowest BCUT2D eigenvalue weighted by atomic mass is 9.74. The lowest BCUT2D eigenvalue weighted by molar-refractivity contribution is -0.153. The average Bonchev–Trinajstić information content (AvgIpc) is 2.36. The molecule has 1 saturated heterocycles. The first-order valence-corrected chi connectivity index (χ1v) is 7.56. The molecule has 2 aliphatic rings. The SMILES string of the molecule is CC1(N)CCCCC1C(=O)N1CCN(CC(F)(F)F)CC1. The fraction of sp³-hybridized carbons (Fsp3) is 0.929. The minimum atomic E-state index is -4.18. The van der Waals surface area contributed by atoms with Crippen LogP contribution in [-0.2, 0) is 4.79 Å². The van der Waals surface area contributed by atoms with Crippen molar-refractivity contribution in [1.29, 1.82) is 0 Å². The van der Waals surface area contributed by atoms with Crippen molar-refractivity contribution in [1.82, 2.24) is 9.80 Å². The second-order valence-electron chi connectivity index (χ2n) is 6.52. The maximum Gasteiger partial charge on any atom is 0.401 e. The van der Waals surface area contributed by atoms with E-state index in [1.165, 1.54) is 4.90 Å². The van der Waals surface area contributed by atoms with E-state index < -0.39 is 18.3 Å². The largest absolute Gasteiger partial charge is 0.401 e. The molecule has 0 aromatic heterocycles. The second kappa shape index (κ2) is 6.12. The van der Waals surface area contributed by atoms with E-state index in [9.17, 15) is 18.0 Å². The molecule has 0 radical (unpaired) electrons. The number of alkyl halides is 3. The van der Waals surface area contributed by atoms with E-state index in [1.807, 2.05) is 6.92 Å². The van der Waals surface area contributed by atoms with E-state index in [0.717, 1.165) is 25.7 Å². The van der Waals surface area contributed by atoms with Crippen molar-refractivity contribution in [2.45, 2.75) is 44.3 Å². The number of rotatable bonds is 2.